The van der Waals surface area contributed by atoms with E-state index >= 15 is 0 Å². The summed E-state index contributed by atoms with van der Waals surface area (Å²) in [5.41, 5.74) is 1.37. The van der Waals surface area contributed by atoms with Crippen LogP contribution in [0.15, 0.2) is 0 Å². The fourth-order valence-corrected chi connectivity index (χ4v) is 4.19. The predicted molar refractivity (Wildman–Crippen MR) is 85.8 cm³/mol. The molecule has 0 bridgehead atoms. The highest BCUT2D eigenvalue weighted by molar-refractivity contribution is 7.15. The molecule has 2 unspecified atom stereocenters. The van der Waals surface area contributed by atoms with Crippen LogP contribution < -0.4 is 10.2 Å². The Morgan fingerprint density at radius 1 is 1.25 bits per heavy atom. The second-order valence-corrected chi connectivity index (χ2v) is 7.44. The Balaban J connectivity index is 1.81. The van der Waals surface area contributed by atoms with E-state index in [9.17, 15) is 0 Å². The maximum atomic E-state index is 4.99. The zero-order valence-corrected chi connectivity index (χ0v) is 13.8. The molecule has 3 rings (SSSR count). The van der Waals surface area contributed by atoms with E-state index < -0.39 is 0 Å². The number of rotatable bonds is 4. The molecule has 0 radical (unpaired) electrons. The molecule has 1 aromatic heterocycles. The molecule has 2 atom stereocenters. The van der Waals surface area contributed by atoms with E-state index in [1.165, 1.54) is 28.5 Å². The Morgan fingerprint density at radius 3 is 2.45 bits per heavy atom. The monoisotopic (exact) mass is 294 g/mol. The van der Waals surface area contributed by atoms with Crippen molar-refractivity contribution < 1.29 is 0 Å². The number of thiazole rings is 1. The van der Waals surface area contributed by atoms with Gasteiger partial charge in [-0.15, -0.1) is 11.3 Å². The zero-order valence-electron chi connectivity index (χ0n) is 13.0. The summed E-state index contributed by atoms with van der Waals surface area (Å²) in [5, 5.41) is 4.53. The van der Waals surface area contributed by atoms with Gasteiger partial charge in [-0.3, -0.25) is 4.90 Å². The van der Waals surface area contributed by atoms with Gasteiger partial charge >= 0.3 is 0 Å². The highest BCUT2D eigenvalue weighted by Gasteiger charge is 2.32. The summed E-state index contributed by atoms with van der Waals surface area (Å²) in [6.45, 7) is 7.77. The van der Waals surface area contributed by atoms with Gasteiger partial charge < -0.3 is 10.2 Å². The van der Waals surface area contributed by atoms with Gasteiger partial charge in [0, 0.05) is 42.5 Å². The van der Waals surface area contributed by atoms with Crippen LogP contribution in [0.2, 0.25) is 0 Å². The molecule has 1 aliphatic carbocycles. The molecule has 0 spiro atoms. The first kappa shape index (κ1) is 14.3. The van der Waals surface area contributed by atoms with Crippen molar-refractivity contribution in [3.63, 3.8) is 0 Å². The summed E-state index contributed by atoms with van der Waals surface area (Å²) in [5.74, 6) is 0.741. The first-order valence-electron chi connectivity index (χ1n) is 7.71. The van der Waals surface area contributed by atoms with Gasteiger partial charge in [0.05, 0.1) is 5.69 Å². The van der Waals surface area contributed by atoms with Crippen LogP contribution in [0.1, 0.15) is 43.2 Å². The summed E-state index contributed by atoms with van der Waals surface area (Å²) in [6.07, 6.45) is 2.66. The van der Waals surface area contributed by atoms with Gasteiger partial charge in [-0.1, -0.05) is 0 Å². The zero-order chi connectivity index (χ0) is 14.3. The van der Waals surface area contributed by atoms with Crippen molar-refractivity contribution >= 4 is 16.5 Å². The number of likely N-dealkylation sites (N-methyl/N-ethyl adjacent to an activating group) is 1. The standard InChI is InChI=1S/C15H26N4S/c1-10-8-19(9-11(2)18(10)4)15-17-14(12-5-6-12)13(20-15)7-16-3/h10-12,16H,5-9H2,1-4H3. The largest absolute Gasteiger partial charge is 0.345 e. The van der Waals surface area contributed by atoms with Crippen molar-refractivity contribution in [1.82, 2.24) is 15.2 Å². The number of nitrogens with one attached hydrogen (secondary N) is 1. The molecule has 0 amide bonds. The molecule has 2 heterocycles. The predicted octanol–water partition coefficient (Wildman–Crippen LogP) is 2.27. The van der Waals surface area contributed by atoms with Crippen molar-refractivity contribution in [2.75, 3.05) is 32.1 Å². The van der Waals surface area contributed by atoms with Crippen molar-refractivity contribution in [1.29, 1.82) is 0 Å². The van der Waals surface area contributed by atoms with Gasteiger partial charge in [0.2, 0.25) is 0 Å². The van der Waals surface area contributed by atoms with E-state index in [4.69, 9.17) is 4.98 Å². The van der Waals surface area contributed by atoms with Gasteiger partial charge in [0.1, 0.15) is 0 Å². The number of hydrogen-bond donors (Lipinski definition) is 1. The van der Waals surface area contributed by atoms with E-state index in [1.54, 1.807) is 0 Å². The minimum absolute atomic E-state index is 0.597. The number of aromatic nitrogens is 1. The lowest BCUT2D eigenvalue weighted by molar-refractivity contribution is 0.170. The molecule has 2 fully saturated rings. The fraction of sp³-hybridized carbons (Fsp3) is 0.800. The number of hydrogen-bond acceptors (Lipinski definition) is 5. The minimum Gasteiger partial charge on any atom is -0.345 e. The van der Waals surface area contributed by atoms with Crippen LogP contribution in [0.5, 0.6) is 0 Å². The van der Waals surface area contributed by atoms with Crippen molar-refractivity contribution in [3.05, 3.63) is 10.6 Å². The topological polar surface area (TPSA) is 31.4 Å². The summed E-state index contributed by atoms with van der Waals surface area (Å²) >= 11 is 1.90. The van der Waals surface area contributed by atoms with E-state index in [1.807, 2.05) is 18.4 Å². The molecule has 112 valence electrons. The molecule has 1 aliphatic heterocycles. The Hall–Kier alpha value is -0.650. The first-order chi connectivity index (χ1) is 9.60. The molecular weight excluding hydrogens is 268 g/mol. The summed E-state index contributed by atoms with van der Waals surface area (Å²) < 4.78 is 0. The molecule has 4 nitrogen and oxygen atoms in total. The number of nitrogens with zero attached hydrogens (tertiary/aromatic N) is 3. The molecule has 5 heteroatoms. The number of piperazine rings is 1. The van der Waals surface area contributed by atoms with Crippen LogP contribution in [0, 0.1) is 0 Å². The summed E-state index contributed by atoms with van der Waals surface area (Å²) in [4.78, 5) is 11.4. The van der Waals surface area contributed by atoms with Gasteiger partial charge in [-0.25, -0.2) is 4.98 Å². The third-order valence-electron chi connectivity index (χ3n) is 4.65. The average molecular weight is 294 g/mol. The quantitative estimate of drug-likeness (QED) is 0.923. The van der Waals surface area contributed by atoms with Gasteiger partial charge in [0.25, 0.3) is 0 Å². The first-order valence-corrected chi connectivity index (χ1v) is 8.53. The highest BCUT2D eigenvalue weighted by Crippen LogP contribution is 2.44. The van der Waals surface area contributed by atoms with Crippen molar-refractivity contribution in [2.24, 2.45) is 0 Å². The maximum absolute atomic E-state index is 4.99. The molecule has 0 aromatic carbocycles. The smallest absolute Gasteiger partial charge is 0.185 e. The fourth-order valence-electron chi connectivity index (χ4n) is 3.01. The van der Waals surface area contributed by atoms with E-state index in [2.05, 4.69) is 36.0 Å². The Kier molecular flexibility index (Phi) is 4.02. The van der Waals surface area contributed by atoms with Crippen LogP contribution in [-0.4, -0.2) is 49.2 Å². The molecule has 1 saturated heterocycles. The Morgan fingerprint density at radius 2 is 1.90 bits per heavy atom. The van der Waals surface area contributed by atoms with E-state index in [-0.39, 0.29) is 0 Å². The van der Waals surface area contributed by atoms with Gasteiger partial charge in [-0.05, 0) is 40.8 Å². The van der Waals surface area contributed by atoms with E-state index in [0.717, 1.165) is 25.6 Å². The van der Waals surface area contributed by atoms with Crippen LogP contribution in [0.4, 0.5) is 5.13 Å². The molecule has 1 aromatic rings. The Labute approximate surface area is 126 Å². The minimum atomic E-state index is 0.597. The van der Waals surface area contributed by atoms with Crippen molar-refractivity contribution in [3.8, 4) is 0 Å². The normalized spacial score (nSPS) is 28.1. The summed E-state index contributed by atoms with van der Waals surface area (Å²) in [7, 11) is 4.26. The molecule has 20 heavy (non-hydrogen) atoms. The SMILES string of the molecule is CNCc1sc(N2CC(C)N(C)C(C)C2)nc1C1CC1. The number of anilines is 1. The molecule has 1 saturated carbocycles. The highest BCUT2D eigenvalue weighted by atomic mass is 32.1. The average Bonchev–Trinajstić information content (AvgIpc) is 3.17. The van der Waals surface area contributed by atoms with Crippen LogP contribution in [-0.2, 0) is 6.54 Å². The second kappa shape index (κ2) is 5.62. The molecule has 1 N–H and O–H groups in total. The van der Waals surface area contributed by atoms with Crippen LogP contribution in [0.25, 0.3) is 0 Å². The van der Waals surface area contributed by atoms with Gasteiger partial charge in [-0.2, -0.15) is 0 Å². The maximum Gasteiger partial charge on any atom is 0.185 e. The van der Waals surface area contributed by atoms with Crippen LogP contribution >= 0.6 is 11.3 Å². The van der Waals surface area contributed by atoms with Crippen LogP contribution in [0.3, 0.4) is 0 Å². The third kappa shape index (κ3) is 2.71. The summed E-state index contributed by atoms with van der Waals surface area (Å²) in [6, 6.07) is 1.19. The lowest BCUT2D eigenvalue weighted by Crippen LogP contribution is -2.55. The van der Waals surface area contributed by atoms with Crippen molar-refractivity contribution in [2.45, 2.75) is 51.2 Å². The third-order valence-corrected chi connectivity index (χ3v) is 5.78. The van der Waals surface area contributed by atoms with E-state index in [0.29, 0.717) is 12.1 Å². The molecular formula is C15H26N4S. The Bertz CT molecular complexity index is 456. The van der Waals surface area contributed by atoms with Gasteiger partial charge in [0.15, 0.2) is 5.13 Å². The lowest BCUT2D eigenvalue weighted by Gasteiger charge is -2.42. The molecule has 2 aliphatic rings. The lowest BCUT2D eigenvalue weighted by atomic mass is 10.1. The second-order valence-electron chi connectivity index (χ2n) is 6.38.